The van der Waals surface area contributed by atoms with E-state index in [2.05, 4.69) is 6.07 Å². The Kier molecular flexibility index (Phi) is 5.75. The number of aromatic nitrogens is 1. The molecular formula is C20H18ClN3O4. The minimum Gasteiger partial charge on any atom is -0.478 e. The van der Waals surface area contributed by atoms with Gasteiger partial charge in [0.1, 0.15) is 0 Å². The Morgan fingerprint density at radius 1 is 1.18 bits per heavy atom. The predicted molar refractivity (Wildman–Crippen MR) is 108 cm³/mol. The van der Waals surface area contributed by atoms with Crippen LogP contribution in [0.25, 0.3) is 10.9 Å². The molecule has 0 bridgehead atoms. The van der Waals surface area contributed by atoms with Gasteiger partial charge in [-0.25, -0.2) is 4.79 Å². The highest BCUT2D eigenvalue weighted by molar-refractivity contribution is 6.33. The van der Waals surface area contributed by atoms with Gasteiger partial charge < -0.3 is 10.8 Å². The molecule has 4 rings (SSSR count). The van der Waals surface area contributed by atoms with Crippen molar-refractivity contribution in [2.45, 2.75) is 25.7 Å². The Hall–Kier alpha value is -3.19. The number of para-hydroxylation sites is 1. The number of aromatic carboxylic acids is 1. The normalized spacial score (nSPS) is 12.6. The highest BCUT2D eigenvalue weighted by Crippen LogP contribution is 2.30. The fourth-order valence-electron chi connectivity index (χ4n) is 3.20. The molecule has 0 radical (unpaired) electrons. The maximum atomic E-state index is 10.5. The second-order valence-electron chi connectivity index (χ2n) is 6.40. The van der Waals surface area contributed by atoms with Gasteiger partial charge in [0.25, 0.3) is 5.69 Å². The first kappa shape index (κ1) is 19.6. The molecule has 0 spiro atoms. The molecule has 0 aliphatic heterocycles. The Balaban J connectivity index is 0.000000163. The number of fused-ring (bicyclic) bond motifs is 2. The largest absolute Gasteiger partial charge is 0.478 e. The molecule has 8 heteroatoms. The van der Waals surface area contributed by atoms with Gasteiger partial charge in [0, 0.05) is 28.9 Å². The number of carboxylic acids is 1. The van der Waals surface area contributed by atoms with Crippen molar-refractivity contribution in [1.29, 1.82) is 0 Å². The van der Waals surface area contributed by atoms with Gasteiger partial charge in [-0.2, -0.15) is 0 Å². The van der Waals surface area contributed by atoms with Crippen molar-refractivity contribution in [2.24, 2.45) is 0 Å². The number of anilines is 1. The molecule has 28 heavy (non-hydrogen) atoms. The van der Waals surface area contributed by atoms with Crippen LogP contribution in [-0.4, -0.2) is 21.0 Å². The number of aryl methyl sites for hydroxylation is 1. The van der Waals surface area contributed by atoms with E-state index in [1.54, 1.807) is 0 Å². The van der Waals surface area contributed by atoms with Crippen LogP contribution in [0, 0.1) is 10.1 Å². The van der Waals surface area contributed by atoms with Gasteiger partial charge >= 0.3 is 5.97 Å². The number of hydrogen-bond acceptors (Lipinski definition) is 5. The first-order chi connectivity index (χ1) is 13.4. The maximum Gasteiger partial charge on any atom is 0.337 e. The lowest BCUT2D eigenvalue weighted by Crippen LogP contribution is -2.09. The third-order valence-corrected chi connectivity index (χ3v) is 4.93. The first-order valence-electron chi connectivity index (χ1n) is 8.71. The smallest absolute Gasteiger partial charge is 0.337 e. The van der Waals surface area contributed by atoms with Gasteiger partial charge in [0.15, 0.2) is 0 Å². The van der Waals surface area contributed by atoms with E-state index >= 15 is 0 Å². The average molecular weight is 400 g/mol. The number of hydrogen-bond donors (Lipinski definition) is 2. The van der Waals surface area contributed by atoms with Crippen molar-refractivity contribution >= 4 is 39.8 Å². The summed E-state index contributed by atoms with van der Waals surface area (Å²) in [5.41, 5.74) is 10.1. The van der Waals surface area contributed by atoms with E-state index in [1.807, 2.05) is 18.2 Å². The Morgan fingerprint density at radius 3 is 2.61 bits per heavy atom. The standard InChI is InChI=1S/C13H14N2.C7H4ClNO4/c14-13-9-5-1-3-7-11(9)15-12-8-4-2-6-10(12)13;8-6-2-1-4(9(12)13)3-5(6)7(10)11/h1,3,5,7H,2,4,6,8H2,(H2,14,15);1-3H,(H,10,11). The quantitative estimate of drug-likeness (QED) is 0.478. The molecule has 0 unspecified atom stereocenters. The van der Waals surface area contributed by atoms with Crippen molar-refractivity contribution in [2.75, 3.05) is 5.73 Å². The minimum atomic E-state index is -1.28. The van der Waals surface area contributed by atoms with Gasteiger partial charge in [0.2, 0.25) is 0 Å². The van der Waals surface area contributed by atoms with Gasteiger partial charge in [-0.05, 0) is 43.4 Å². The van der Waals surface area contributed by atoms with Gasteiger partial charge in [-0.1, -0.05) is 29.8 Å². The van der Waals surface area contributed by atoms with E-state index in [0.29, 0.717) is 0 Å². The molecule has 7 nitrogen and oxygen atoms in total. The van der Waals surface area contributed by atoms with Crippen LogP contribution >= 0.6 is 11.6 Å². The summed E-state index contributed by atoms with van der Waals surface area (Å²) in [5, 5.41) is 19.9. The van der Waals surface area contributed by atoms with E-state index in [9.17, 15) is 14.9 Å². The topological polar surface area (TPSA) is 119 Å². The molecule has 1 heterocycles. The average Bonchev–Trinajstić information content (AvgIpc) is 2.69. The number of nitro benzene ring substituents is 1. The Labute approximate surface area is 165 Å². The molecule has 1 aromatic heterocycles. The number of carboxylic acid groups (broad SMARTS) is 1. The number of non-ortho nitro benzene ring substituents is 1. The summed E-state index contributed by atoms with van der Waals surface area (Å²) in [6.45, 7) is 0. The molecule has 3 aromatic rings. The Morgan fingerprint density at radius 2 is 1.89 bits per heavy atom. The summed E-state index contributed by atoms with van der Waals surface area (Å²) in [6.07, 6.45) is 4.68. The summed E-state index contributed by atoms with van der Waals surface area (Å²) in [4.78, 5) is 24.8. The number of rotatable bonds is 2. The highest BCUT2D eigenvalue weighted by Gasteiger charge is 2.16. The van der Waals surface area contributed by atoms with E-state index < -0.39 is 10.9 Å². The van der Waals surface area contributed by atoms with E-state index in [4.69, 9.17) is 27.4 Å². The van der Waals surface area contributed by atoms with Crippen LogP contribution in [-0.2, 0) is 12.8 Å². The molecule has 3 N–H and O–H groups in total. The molecule has 1 aliphatic rings. The van der Waals surface area contributed by atoms with Gasteiger partial charge in [0.05, 0.1) is 21.0 Å². The lowest BCUT2D eigenvalue weighted by Gasteiger charge is -2.18. The molecule has 0 fully saturated rings. The van der Waals surface area contributed by atoms with E-state index in [-0.39, 0.29) is 16.3 Å². The van der Waals surface area contributed by atoms with Crippen molar-refractivity contribution in [3.8, 4) is 0 Å². The zero-order valence-electron chi connectivity index (χ0n) is 14.9. The second-order valence-corrected chi connectivity index (χ2v) is 6.81. The predicted octanol–water partition coefficient (Wildman–Crippen LogP) is 4.64. The first-order valence-corrected chi connectivity index (χ1v) is 9.09. The van der Waals surface area contributed by atoms with Crippen molar-refractivity contribution < 1.29 is 14.8 Å². The third-order valence-electron chi connectivity index (χ3n) is 4.60. The third kappa shape index (κ3) is 4.04. The fourth-order valence-corrected chi connectivity index (χ4v) is 3.40. The molecule has 0 amide bonds. The van der Waals surface area contributed by atoms with Crippen LogP contribution in [0.1, 0.15) is 34.5 Å². The van der Waals surface area contributed by atoms with Crippen molar-refractivity contribution in [3.63, 3.8) is 0 Å². The van der Waals surface area contributed by atoms with Crippen molar-refractivity contribution in [3.05, 3.63) is 74.4 Å². The lowest BCUT2D eigenvalue weighted by molar-refractivity contribution is -0.384. The SMILES string of the molecule is Nc1c2c(nc3ccccc13)CCCC2.O=C(O)c1cc([N+](=O)[O-])ccc1Cl. The number of nitro groups is 1. The molecule has 144 valence electrons. The van der Waals surface area contributed by atoms with E-state index in [0.717, 1.165) is 41.6 Å². The summed E-state index contributed by atoms with van der Waals surface area (Å²) in [6, 6.07) is 11.4. The monoisotopic (exact) mass is 399 g/mol. The van der Waals surface area contributed by atoms with Crippen LogP contribution in [0.4, 0.5) is 11.4 Å². The van der Waals surface area contributed by atoms with Crippen LogP contribution in [0.15, 0.2) is 42.5 Å². The minimum absolute atomic E-state index is 0.0156. The van der Waals surface area contributed by atoms with Crippen LogP contribution < -0.4 is 5.73 Å². The lowest BCUT2D eigenvalue weighted by atomic mass is 9.93. The summed E-state index contributed by atoms with van der Waals surface area (Å²) >= 11 is 5.49. The number of benzene rings is 2. The zero-order chi connectivity index (χ0) is 20.3. The molecule has 0 atom stereocenters. The summed E-state index contributed by atoms with van der Waals surface area (Å²) < 4.78 is 0. The molecule has 0 saturated carbocycles. The van der Waals surface area contributed by atoms with Crippen LogP contribution in [0.5, 0.6) is 0 Å². The molecule has 2 aromatic carbocycles. The zero-order valence-corrected chi connectivity index (χ0v) is 15.6. The van der Waals surface area contributed by atoms with Gasteiger partial charge in [-0.15, -0.1) is 0 Å². The van der Waals surface area contributed by atoms with Crippen molar-refractivity contribution in [1.82, 2.24) is 4.98 Å². The van der Waals surface area contributed by atoms with E-state index in [1.165, 1.54) is 30.2 Å². The Bertz CT molecular complexity index is 1070. The second kappa shape index (κ2) is 8.22. The maximum absolute atomic E-state index is 10.5. The fraction of sp³-hybridized carbons (Fsp3) is 0.200. The van der Waals surface area contributed by atoms with Gasteiger partial charge in [-0.3, -0.25) is 15.1 Å². The van der Waals surface area contributed by atoms with Crippen LogP contribution in [0.3, 0.4) is 0 Å². The number of carbonyl (C=O) groups is 1. The number of halogens is 1. The number of nitrogen functional groups attached to an aromatic ring is 1. The molecule has 0 saturated heterocycles. The number of nitrogens with zero attached hydrogens (tertiary/aromatic N) is 2. The number of nitrogens with two attached hydrogens (primary N) is 1. The number of pyridine rings is 1. The highest BCUT2D eigenvalue weighted by atomic mass is 35.5. The van der Waals surface area contributed by atoms with Crippen LogP contribution in [0.2, 0.25) is 5.02 Å². The summed E-state index contributed by atoms with van der Waals surface area (Å²) in [7, 11) is 0. The molecular weight excluding hydrogens is 382 g/mol. The summed E-state index contributed by atoms with van der Waals surface area (Å²) in [5.74, 6) is -1.28. The molecule has 1 aliphatic carbocycles.